The van der Waals surface area contributed by atoms with Crippen molar-refractivity contribution in [2.75, 3.05) is 0 Å². The highest BCUT2D eigenvalue weighted by atomic mass is 16.2. The van der Waals surface area contributed by atoms with Gasteiger partial charge in [0, 0.05) is 12.1 Å². The Hall–Kier alpha value is -0.900. The Bertz CT molecular complexity index is 376. The Labute approximate surface area is 115 Å². The van der Waals surface area contributed by atoms with Crippen LogP contribution in [-0.2, 0) is 9.59 Å². The molecule has 1 aliphatic heterocycles. The van der Waals surface area contributed by atoms with Crippen LogP contribution in [0.4, 0.5) is 0 Å². The molecule has 1 saturated heterocycles. The number of amides is 2. The van der Waals surface area contributed by atoms with Gasteiger partial charge in [-0.15, -0.1) is 0 Å². The van der Waals surface area contributed by atoms with Crippen molar-refractivity contribution >= 4 is 11.8 Å². The molecule has 2 atom stereocenters. The minimum atomic E-state index is -0.297. The van der Waals surface area contributed by atoms with Crippen molar-refractivity contribution in [3.8, 4) is 0 Å². The van der Waals surface area contributed by atoms with Gasteiger partial charge < -0.3 is 5.32 Å². The molecule has 2 amide bonds. The quantitative estimate of drug-likeness (QED) is 0.796. The lowest BCUT2D eigenvalue weighted by Crippen LogP contribution is -2.47. The fourth-order valence-electron chi connectivity index (χ4n) is 3.45. The average Bonchev–Trinajstić information content (AvgIpc) is 2.52. The molecule has 4 nitrogen and oxygen atoms in total. The van der Waals surface area contributed by atoms with Crippen LogP contribution in [-0.4, -0.2) is 34.8 Å². The second kappa shape index (κ2) is 5.23. The van der Waals surface area contributed by atoms with E-state index >= 15 is 0 Å². The second-order valence-electron chi connectivity index (χ2n) is 7.08. The Morgan fingerprint density at radius 2 is 2.00 bits per heavy atom. The number of carbonyl (C=O) groups excluding carboxylic acids is 2. The van der Waals surface area contributed by atoms with Crippen molar-refractivity contribution in [3.63, 3.8) is 0 Å². The summed E-state index contributed by atoms with van der Waals surface area (Å²) in [6.45, 7) is 8.34. The van der Waals surface area contributed by atoms with Crippen LogP contribution < -0.4 is 5.32 Å². The zero-order chi connectivity index (χ0) is 14.2. The lowest BCUT2D eigenvalue weighted by atomic mass is 9.75. The molecule has 1 heterocycles. The summed E-state index contributed by atoms with van der Waals surface area (Å²) in [6.07, 6.45) is 4.98. The van der Waals surface area contributed by atoms with E-state index < -0.39 is 0 Å². The largest absolute Gasteiger partial charge is 0.303 e. The fraction of sp³-hybridized carbons (Fsp3) is 0.867. The van der Waals surface area contributed by atoms with Crippen LogP contribution in [0.1, 0.15) is 59.8 Å². The molecular weight excluding hydrogens is 240 g/mol. The van der Waals surface area contributed by atoms with Crippen LogP contribution in [0.2, 0.25) is 0 Å². The molecule has 0 aromatic rings. The molecule has 0 bridgehead atoms. The topological polar surface area (TPSA) is 49.4 Å². The molecule has 4 heteroatoms. The van der Waals surface area contributed by atoms with E-state index in [4.69, 9.17) is 0 Å². The van der Waals surface area contributed by atoms with Gasteiger partial charge in [0.25, 0.3) is 0 Å². The van der Waals surface area contributed by atoms with Crippen LogP contribution in [0.5, 0.6) is 0 Å². The highest BCUT2D eigenvalue weighted by Crippen LogP contribution is 2.35. The number of imide groups is 1. The number of likely N-dealkylation sites (tertiary alicyclic amines) is 1. The first-order valence-corrected chi connectivity index (χ1v) is 7.42. The molecular formula is C15H26N2O2. The minimum absolute atomic E-state index is 0.0328. The van der Waals surface area contributed by atoms with E-state index in [-0.39, 0.29) is 23.9 Å². The number of rotatable bonds is 3. The van der Waals surface area contributed by atoms with Gasteiger partial charge in [-0.2, -0.15) is 0 Å². The van der Waals surface area contributed by atoms with E-state index in [9.17, 15) is 9.59 Å². The van der Waals surface area contributed by atoms with Gasteiger partial charge in [-0.3, -0.25) is 14.5 Å². The molecule has 0 radical (unpaired) electrons. The summed E-state index contributed by atoms with van der Waals surface area (Å²) < 4.78 is 0. The molecule has 2 aliphatic rings. The van der Waals surface area contributed by atoms with Crippen molar-refractivity contribution in [2.45, 2.75) is 77.9 Å². The predicted molar refractivity (Wildman–Crippen MR) is 74.6 cm³/mol. The summed E-state index contributed by atoms with van der Waals surface area (Å²) in [5.74, 6) is -0.0732. The highest BCUT2D eigenvalue weighted by Gasteiger charge is 2.41. The van der Waals surface area contributed by atoms with Gasteiger partial charge in [0.2, 0.25) is 11.8 Å². The molecule has 2 fully saturated rings. The number of hydrogen-bond donors (Lipinski definition) is 1. The maximum atomic E-state index is 12.2. The van der Waals surface area contributed by atoms with Crippen LogP contribution in [0.3, 0.4) is 0 Å². The maximum Gasteiger partial charge on any atom is 0.247 e. The van der Waals surface area contributed by atoms with Crippen LogP contribution in [0.15, 0.2) is 0 Å². The third-order valence-electron chi connectivity index (χ3n) is 4.34. The van der Waals surface area contributed by atoms with Gasteiger partial charge in [0.05, 0.1) is 12.5 Å². The van der Waals surface area contributed by atoms with Crippen molar-refractivity contribution < 1.29 is 9.59 Å². The van der Waals surface area contributed by atoms with E-state index in [1.54, 1.807) is 0 Å². The van der Waals surface area contributed by atoms with Gasteiger partial charge >= 0.3 is 0 Å². The molecule has 2 rings (SSSR count). The van der Waals surface area contributed by atoms with Crippen molar-refractivity contribution in [2.24, 2.45) is 5.41 Å². The average molecular weight is 266 g/mol. The zero-order valence-corrected chi connectivity index (χ0v) is 12.5. The van der Waals surface area contributed by atoms with Gasteiger partial charge in [0.1, 0.15) is 0 Å². The summed E-state index contributed by atoms with van der Waals surface area (Å²) in [5, 5.41) is 3.43. The summed E-state index contributed by atoms with van der Waals surface area (Å²) in [7, 11) is 0. The molecule has 1 aliphatic carbocycles. The van der Waals surface area contributed by atoms with Crippen molar-refractivity contribution in [3.05, 3.63) is 0 Å². The fourth-order valence-corrected chi connectivity index (χ4v) is 3.45. The molecule has 19 heavy (non-hydrogen) atoms. The van der Waals surface area contributed by atoms with E-state index in [1.807, 2.05) is 13.8 Å². The number of hydrogen-bond acceptors (Lipinski definition) is 3. The summed E-state index contributed by atoms with van der Waals surface area (Å²) in [5.41, 5.74) is 0.347. The molecule has 0 aromatic heterocycles. The third kappa shape index (κ3) is 3.16. The number of nitrogens with zero attached hydrogens (tertiary/aromatic N) is 1. The smallest absolute Gasteiger partial charge is 0.247 e. The van der Waals surface area contributed by atoms with E-state index in [2.05, 4.69) is 19.2 Å². The van der Waals surface area contributed by atoms with Gasteiger partial charge in [-0.05, 0) is 38.5 Å². The van der Waals surface area contributed by atoms with Gasteiger partial charge in [-0.1, -0.05) is 20.3 Å². The minimum Gasteiger partial charge on any atom is -0.303 e. The third-order valence-corrected chi connectivity index (χ3v) is 4.34. The number of carbonyl (C=O) groups is 2. The van der Waals surface area contributed by atoms with Crippen molar-refractivity contribution in [1.29, 1.82) is 0 Å². The second-order valence-corrected chi connectivity index (χ2v) is 7.08. The molecule has 1 saturated carbocycles. The normalized spacial score (nSPS) is 31.3. The van der Waals surface area contributed by atoms with Crippen LogP contribution in [0.25, 0.3) is 0 Å². The molecule has 1 N–H and O–H groups in total. The summed E-state index contributed by atoms with van der Waals surface area (Å²) >= 11 is 0. The van der Waals surface area contributed by atoms with Crippen molar-refractivity contribution in [1.82, 2.24) is 10.2 Å². The lowest BCUT2D eigenvalue weighted by Gasteiger charge is -2.36. The highest BCUT2D eigenvalue weighted by molar-refractivity contribution is 6.05. The molecule has 2 unspecified atom stereocenters. The number of nitrogens with one attached hydrogen (secondary N) is 1. The molecule has 0 aromatic carbocycles. The van der Waals surface area contributed by atoms with Gasteiger partial charge in [0.15, 0.2) is 0 Å². The predicted octanol–water partition coefficient (Wildman–Crippen LogP) is 2.08. The lowest BCUT2D eigenvalue weighted by molar-refractivity contribution is -0.140. The Morgan fingerprint density at radius 1 is 1.32 bits per heavy atom. The Kier molecular flexibility index (Phi) is 4.00. The Balaban J connectivity index is 1.97. The first-order chi connectivity index (χ1) is 8.80. The monoisotopic (exact) mass is 266 g/mol. The maximum absolute atomic E-state index is 12.2. The molecule has 108 valence electrons. The van der Waals surface area contributed by atoms with Gasteiger partial charge in [-0.25, -0.2) is 0 Å². The van der Waals surface area contributed by atoms with E-state index in [1.165, 1.54) is 17.7 Å². The summed E-state index contributed by atoms with van der Waals surface area (Å²) in [4.78, 5) is 25.5. The SMILES string of the molecule is CC(C)N1C(=O)CC(NC2CCCC(C)(C)C2)C1=O. The standard InChI is InChI=1S/C15H26N2O2/c1-10(2)17-13(18)8-12(14(17)19)16-11-6-5-7-15(3,4)9-11/h10-12,16H,5-9H2,1-4H3. The first kappa shape index (κ1) is 14.5. The Morgan fingerprint density at radius 3 is 2.53 bits per heavy atom. The van der Waals surface area contributed by atoms with Crippen LogP contribution in [0, 0.1) is 5.41 Å². The molecule has 0 spiro atoms. The van der Waals surface area contributed by atoms with E-state index in [0.717, 1.165) is 12.8 Å². The summed E-state index contributed by atoms with van der Waals surface area (Å²) in [6, 6.07) is 0.0426. The zero-order valence-electron chi connectivity index (χ0n) is 12.5. The van der Waals surface area contributed by atoms with Crippen LogP contribution >= 0.6 is 0 Å². The first-order valence-electron chi connectivity index (χ1n) is 7.42. The van der Waals surface area contributed by atoms with E-state index in [0.29, 0.717) is 17.9 Å².